The molecule has 2 heteroatoms. The third-order valence-corrected chi connectivity index (χ3v) is 3.65. The van der Waals surface area contributed by atoms with Crippen molar-refractivity contribution in [2.75, 3.05) is 0 Å². The molecule has 0 saturated heterocycles. The van der Waals surface area contributed by atoms with Crippen LogP contribution in [0.4, 0.5) is 0 Å². The lowest BCUT2D eigenvalue weighted by Gasteiger charge is -2.09. The molecule has 0 spiro atoms. The molecule has 0 bridgehead atoms. The number of benzene rings is 2. The molecule has 3 rings (SSSR count). The Hall–Kier alpha value is -1.80. The molecule has 1 atom stereocenters. The summed E-state index contributed by atoms with van der Waals surface area (Å²) in [6, 6.07) is 14.3. The van der Waals surface area contributed by atoms with Crippen molar-refractivity contribution in [3.63, 3.8) is 0 Å². The lowest BCUT2D eigenvalue weighted by Crippen LogP contribution is -1.97. The fraction of sp³-hybridized carbons (Fsp3) is 0.294. The van der Waals surface area contributed by atoms with Gasteiger partial charge in [-0.2, -0.15) is 0 Å². The minimum absolute atomic E-state index is 0.291. The van der Waals surface area contributed by atoms with E-state index in [2.05, 4.69) is 31.2 Å². The van der Waals surface area contributed by atoms with E-state index < -0.39 is 0 Å². The number of aliphatic hydroxyl groups is 1. The summed E-state index contributed by atoms with van der Waals surface area (Å²) in [5.41, 5.74) is 4.70. The molecular formula is C17H18O2. The molecule has 0 unspecified atom stereocenters. The van der Waals surface area contributed by atoms with Gasteiger partial charge in [0.25, 0.3) is 0 Å². The maximum Gasteiger partial charge on any atom is 0.120 e. The fourth-order valence-electron chi connectivity index (χ4n) is 2.63. The summed E-state index contributed by atoms with van der Waals surface area (Å²) in [6.07, 6.45) is 1.48. The van der Waals surface area contributed by atoms with Crippen molar-refractivity contribution in [3.05, 3.63) is 64.7 Å². The van der Waals surface area contributed by atoms with Crippen molar-refractivity contribution in [1.82, 2.24) is 0 Å². The van der Waals surface area contributed by atoms with Crippen LogP contribution in [0.5, 0.6) is 5.75 Å². The van der Waals surface area contributed by atoms with E-state index in [4.69, 9.17) is 4.74 Å². The number of aliphatic hydroxyl groups excluding tert-OH is 1. The van der Waals surface area contributed by atoms with Gasteiger partial charge in [0.1, 0.15) is 12.4 Å². The molecule has 1 N–H and O–H groups in total. The molecule has 1 aliphatic rings. The number of rotatable bonds is 3. The minimum Gasteiger partial charge on any atom is -0.489 e. The maximum absolute atomic E-state index is 9.77. The molecule has 19 heavy (non-hydrogen) atoms. The van der Waals surface area contributed by atoms with Crippen LogP contribution in [0, 0.1) is 6.92 Å². The maximum atomic E-state index is 9.77. The summed E-state index contributed by atoms with van der Waals surface area (Å²) < 4.78 is 5.83. The minimum atomic E-state index is -0.291. The number of fused-ring (bicyclic) bond motifs is 1. The topological polar surface area (TPSA) is 29.5 Å². The molecule has 2 aromatic carbocycles. The first-order valence-corrected chi connectivity index (χ1v) is 6.71. The van der Waals surface area contributed by atoms with Crippen molar-refractivity contribution in [1.29, 1.82) is 0 Å². The van der Waals surface area contributed by atoms with Crippen molar-refractivity contribution in [2.24, 2.45) is 0 Å². The van der Waals surface area contributed by atoms with E-state index in [1.54, 1.807) is 0 Å². The van der Waals surface area contributed by atoms with Gasteiger partial charge in [-0.25, -0.2) is 0 Å². The Morgan fingerprint density at radius 1 is 1.21 bits per heavy atom. The van der Waals surface area contributed by atoms with E-state index in [0.717, 1.165) is 24.2 Å². The van der Waals surface area contributed by atoms with Gasteiger partial charge < -0.3 is 9.84 Å². The zero-order valence-electron chi connectivity index (χ0n) is 11.1. The highest BCUT2D eigenvalue weighted by molar-refractivity contribution is 5.40. The smallest absolute Gasteiger partial charge is 0.120 e. The summed E-state index contributed by atoms with van der Waals surface area (Å²) in [5.74, 6) is 0.884. The highest BCUT2D eigenvalue weighted by Crippen LogP contribution is 2.33. The van der Waals surface area contributed by atoms with E-state index >= 15 is 0 Å². The number of hydrogen-bond acceptors (Lipinski definition) is 2. The van der Waals surface area contributed by atoms with Gasteiger partial charge in [0.05, 0.1) is 6.10 Å². The largest absolute Gasteiger partial charge is 0.489 e. The van der Waals surface area contributed by atoms with Crippen LogP contribution in [0.15, 0.2) is 42.5 Å². The van der Waals surface area contributed by atoms with Crippen LogP contribution in [0.1, 0.15) is 34.8 Å². The average Bonchev–Trinajstić information content (AvgIpc) is 2.78. The molecule has 0 radical (unpaired) electrons. The summed E-state index contributed by atoms with van der Waals surface area (Å²) in [4.78, 5) is 0. The van der Waals surface area contributed by atoms with Crippen molar-refractivity contribution >= 4 is 0 Å². The fourth-order valence-corrected chi connectivity index (χ4v) is 2.63. The second-order valence-electron chi connectivity index (χ2n) is 5.19. The first-order chi connectivity index (χ1) is 9.22. The van der Waals surface area contributed by atoms with Crippen LogP contribution >= 0.6 is 0 Å². The molecule has 0 fully saturated rings. The monoisotopic (exact) mass is 254 g/mol. The molecule has 0 amide bonds. The normalized spacial score (nSPS) is 17.3. The van der Waals surface area contributed by atoms with Crippen LogP contribution in [0.3, 0.4) is 0 Å². The Bertz CT molecular complexity index is 590. The predicted octanol–water partition coefficient (Wildman–Crippen LogP) is 3.55. The first-order valence-electron chi connectivity index (χ1n) is 6.71. The van der Waals surface area contributed by atoms with E-state index in [1.165, 1.54) is 16.7 Å². The lowest BCUT2D eigenvalue weighted by molar-refractivity contribution is 0.180. The molecule has 2 nitrogen and oxygen atoms in total. The van der Waals surface area contributed by atoms with Gasteiger partial charge in [0.15, 0.2) is 0 Å². The van der Waals surface area contributed by atoms with Gasteiger partial charge in [0.2, 0.25) is 0 Å². The summed E-state index contributed by atoms with van der Waals surface area (Å²) in [5, 5.41) is 9.77. The molecule has 98 valence electrons. The van der Waals surface area contributed by atoms with Crippen molar-refractivity contribution in [2.45, 2.75) is 32.5 Å². The highest BCUT2D eigenvalue weighted by Gasteiger charge is 2.20. The van der Waals surface area contributed by atoms with E-state index in [-0.39, 0.29) is 6.10 Å². The summed E-state index contributed by atoms with van der Waals surface area (Å²) in [6.45, 7) is 2.67. The highest BCUT2D eigenvalue weighted by atomic mass is 16.5. The first kappa shape index (κ1) is 12.2. The zero-order valence-corrected chi connectivity index (χ0v) is 11.1. The van der Waals surface area contributed by atoms with Gasteiger partial charge >= 0.3 is 0 Å². The second-order valence-corrected chi connectivity index (χ2v) is 5.19. The van der Waals surface area contributed by atoms with Crippen LogP contribution in [0.25, 0.3) is 0 Å². The molecule has 0 saturated carbocycles. The lowest BCUT2D eigenvalue weighted by atomic mass is 10.1. The van der Waals surface area contributed by atoms with Crippen molar-refractivity contribution < 1.29 is 9.84 Å². The molecular weight excluding hydrogens is 236 g/mol. The van der Waals surface area contributed by atoms with Crippen LogP contribution in [-0.2, 0) is 13.0 Å². The molecule has 0 aromatic heterocycles. The van der Waals surface area contributed by atoms with Crippen LogP contribution in [0.2, 0.25) is 0 Å². The van der Waals surface area contributed by atoms with Gasteiger partial charge in [-0.1, -0.05) is 35.9 Å². The SMILES string of the molecule is Cc1cccc(COc2ccc3c(c2)CC[C@@H]3O)c1. The molecule has 0 heterocycles. The van der Waals surface area contributed by atoms with Gasteiger partial charge in [-0.15, -0.1) is 0 Å². The Kier molecular flexibility index (Phi) is 3.26. The zero-order chi connectivity index (χ0) is 13.2. The van der Waals surface area contributed by atoms with E-state index in [9.17, 15) is 5.11 Å². The van der Waals surface area contributed by atoms with Crippen molar-refractivity contribution in [3.8, 4) is 5.75 Å². The third-order valence-electron chi connectivity index (χ3n) is 3.65. The number of aryl methyl sites for hydroxylation is 2. The van der Waals surface area contributed by atoms with Gasteiger partial charge in [-0.05, 0) is 48.6 Å². The Morgan fingerprint density at radius 2 is 2.11 bits per heavy atom. The average molecular weight is 254 g/mol. The second kappa shape index (κ2) is 5.06. The Labute approximate surface area is 113 Å². The quantitative estimate of drug-likeness (QED) is 0.907. The summed E-state index contributed by atoms with van der Waals surface area (Å²) >= 11 is 0. The van der Waals surface area contributed by atoms with Gasteiger partial charge in [-0.3, -0.25) is 0 Å². The van der Waals surface area contributed by atoms with E-state index in [1.807, 2.05) is 18.2 Å². The molecule has 0 aliphatic heterocycles. The molecule has 2 aromatic rings. The van der Waals surface area contributed by atoms with E-state index in [0.29, 0.717) is 6.61 Å². The van der Waals surface area contributed by atoms with Crippen LogP contribution < -0.4 is 4.74 Å². The standard InChI is InChI=1S/C17H18O2/c1-12-3-2-4-13(9-12)11-19-15-6-7-16-14(10-15)5-8-17(16)18/h2-4,6-7,9-10,17-18H,5,8,11H2,1H3/t17-/m0/s1. The summed E-state index contributed by atoms with van der Waals surface area (Å²) in [7, 11) is 0. The third kappa shape index (κ3) is 2.64. The van der Waals surface area contributed by atoms with Gasteiger partial charge in [0, 0.05) is 0 Å². The Morgan fingerprint density at radius 3 is 2.95 bits per heavy atom. The number of hydrogen-bond donors (Lipinski definition) is 1. The van der Waals surface area contributed by atoms with Crippen LogP contribution in [-0.4, -0.2) is 5.11 Å². The Balaban J connectivity index is 1.71. The number of ether oxygens (including phenoxy) is 1. The predicted molar refractivity (Wildman–Crippen MR) is 75.2 cm³/mol. The molecule has 1 aliphatic carbocycles.